The van der Waals surface area contributed by atoms with Crippen LogP contribution in [0.2, 0.25) is 0 Å². The Labute approximate surface area is 239 Å². The standard InChI is InChI=1S/C31H29N3O6S/c1-6-40-30(38)26-18(3)32-31-34(27(26)23-12-7-8-13-24(23)39-5)28(35)25(41-31)16-21-14-17(2)33(19(21)4)22-11-9-10-20(15-22)29(36)37/h7-16,27H,6H2,1-5H3,(H,36,37)/b25-16-/t27-/m0/s1. The van der Waals surface area contributed by atoms with Gasteiger partial charge in [-0.15, -0.1) is 0 Å². The highest BCUT2D eigenvalue weighted by atomic mass is 32.1. The quantitative estimate of drug-likeness (QED) is 0.337. The van der Waals surface area contributed by atoms with Crippen molar-refractivity contribution in [3.05, 3.63) is 114 Å². The van der Waals surface area contributed by atoms with E-state index in [0.717, 1.165) is 17.0 Å². The number of aryl methyl sites for hydroxylation is 1. The number of hydrogen-bond acceptors (Lipinski definition) is 7. The lowest BCUT2D eigenvalue weighted by atomic mass is 9.95. The molecule has 5 rings (SSSR count). The monoisotopic (exact) mass is 571 g/mol. The van der Waals surface area contributed by atoms with Gasteiger partial charge in [-0.3, -0.25) is 9.36 Å². The first-order valence-electron chi connectivity index (χ1n) is 13.0. The molecule has 0 fully saturated rings. The zero-order chi connectivity index (χ0) is 29.4. The van der Waals surface area contributed by atoms with Gasteiger partial charge in [-0.1, -0.05) is 35.6 Å². The molecule has 0 spiro atoms. The molecule has 3 heterocycles. The topological polar surface area (TPSA) is 112 Å². The molecular formula is C31H29N3O6S. The van der Waals surface area contributed by atoms with Crippen LogP contribution in [-0.4, -0.2) is 39.9 Å². The van der Waals surface area contributed by atoms with Gasteiger partial charge in [0.1, 0.15) is 11.8 Å². The van der Waals surface area contributed by atoms with Gasteiger partial charge in [0.2, 0.25) is 0 Å². The van der Waals surface area contributed by atoms with E-state index < -0.39 is 18.0 Å². The number of nitrogens with zero attached hydrogens (tertiary/aromatic N) is 3. The van der Waals surface area contributed by atoms with Gasteiger partial charge in [-0.2, -0.15) is 0 Å². The van der Waals surface area contributed by atoms with Crippen LogP contribution < -0.4 is 19.6 Å². The minimum Gasteiger partial charge on any atom is -0.496 e. The Morgan fingerprint density at radius 3 is 2.56 bits per heavy atom. The maximum atomic E-state index is 14.0. The highest BCUT2D eigenvalue weighted by Gasteiger charge is 2.35. The number of benzene rings is 2. The fourth-order valence-electron chi connectivity index (χ4n) is 5.23. The van der Waals surface area contributed by atoms with Crippen molar-refractivity contribution in [2.45, 2.75) is 33.7 Å². The average molecular weight is 572 g/mol. The molecule has 0 bridgehead atoms. The van der Waals surface area contributed by atoms with Crippen LogP contribution in [0.3, 0.4) is 0 Å². The molecule has 1 aliphatic rings. The summed E-state index contributed by atoms with van der Waals surface area (Å²) in [6.07, 6.45) is 1.81. The lowest BCUT2D eigenvalue weighted by Gasteiger charge is -2.25. The number of aromatic nitrogens is 2. The molecule has 4 aromatic rings. The van der Waals surface area contributed by atoms with Crippen LogP contribution in [-0.2, 0) is 9.53 Å². The molecule has 10 heteroatoms. The van der Waals surface area contributed by atoms with E-state index in [1.165, 1.54) is 15.9 Å². The summed E-state index contributed by atoms with van der Waals surface area (Å²) in [6.45, 7) is 7.50. The molecule has 0 radical (unpaired) electrons. The Kier molecular flexibility index (Phi) is 7.51. The molecule has 0 unspecified atom stereocenters. The number of para-hydroxylation sites is 1. The molecule has 210 valence electrons. The molecule has 1 atom stereocenters. The van der Waals surface area contributed by atoms with Crippen molar-refractivity contribution in [3.63, 3.8) is 0 Å². The van der Waals surface area contributed by atoms with Gasteiger partial charge >= 0.3 is 11.9 Å². The van der Waals surface area contributed by atoms with Crippen molar-refractivity contribution in [3.8, 4) is 11.4 Å². The summed E-state index contributed by atoms with van der Waals surface area (Å²) >= 11 is 1.24. The average Bonchev–Trinajstić information content (AvgIpc) is 3.41. The lowest BCUT2D eigenvalue weighted by molar-refractivity contribution is -0.139. The van der Waals surface area contributed by atoms with Crippen molar-refractivity contribution in [2.24, 2.45) is 4.99 Å². The summed E-state index contributed by atoms with van der Waals surface area (Å²) in [5.41, 5.74) is 4.56. The maximum Gasteiger partial charge on any atom is 0.338 e. The van der Waals surface area contributed by atoms with Gasteiger partial charge in [0, 0.05) is 22.6 Å². The van der Waals surface area contributed by atoms with E-state index >= 15 is 0 Å². The normalized spacial score (nSPS) is 15.0. The third kappa shape index (κ3) is 4.91. The van der Waals surface area contributed by atoms with Gasteiger partial charge < -0.3 is 19.1 Å². The minimum atomic E-state index is -1.00. The van der Waals surface area contributed by atoms with E-state index in [1.54, 1.807) is 45.2 Å². The van der Waals surface area contributed by atoms with Crippen LogP contribution >= 0.6 is 11.3 Å². The summed E-state index contributed by atoms with van der Waals surface area (Å²) < 4.78 is 14.9. The predicted octanol–water partition coefficient (Wildman–Crippen LogP) is 3.91. The van der Waals surface area contributed by atoms with Crippen molar-refractivity contribution < 1.29 is 24.2 Å². The highest BCUT2D eigenvalue weighted by molar-refractivity contribution is 7.07. The molecule has 2 aromatic carbocycles. The number of hydrogen-bond donors (Lipinski definition) is 1. The first-order chi connectivity index (χ1) is 19.7. The third-order valence-corrected chi connectivity index (χ3v) is 8.04. The van der Waals surface area contributed by atoms with Crippen LogP contribution in [0.5, 0.6) is 5.75 Å². The highest BCUT2D eigenvalue weighted by Crippen LogP contribution is 2.35. The van der Waals surface area contributed by atoms with E-state index in [1.807, 2.05) is 54.8 Å². The second kappa shape index (κ2) is 11.1. The first kappa shape index (κ1) is 27.9. The molecule has 2 aromatic heterocycles. The molecule has 0 saturated heterocycles. The summed E-state index contributed by atoms with van der Waals surface area (Å²) in [6, 6.07) is 15.2. The molecule has 41 heavy (non-hydrogen) atoms. The van der Waals surface area contributed by atoms with Gasteiger partial charge in [0.25, 0.3) is 5.56 Å². The number of aromatic carboxylic acids is 1. The number of carboxylic acid groups (broad SMARTS) is 1. The van der Waals surface area contributed by atoms with Crippen molar-refractivity contribution in [1.29, 1.82) is 0 Å². The number of fused-ring (bicyclic) bond motifs is 1. The lowest BCUT2D eigenvalue weighted by Crippen LogP contribution is -2.40. The number of allylic oxidation sites excluding steroid dienone is 1. The Bertz CT molecular complexity index is 1910. The zero-order valence-corrected chi connectivity index (χ0v) is 24.1. The molecular weight excluding hydrogens is 542 g/mol. The summed E-state index contributed by atoms with van der Waals surface area (Å²) in [5.74, 6) is -1.00. The number of carbonyl (C=O) groups excluding carboxylic acids is 1. The number of ether oxygens (including phenoxy) is 2. The van der Waals surface area contributed by atoms with E-state index in [4.69, 9.17) is 9.47 Å². The Balaban J connectivity index is 1.70. The first-order valence-corrected chi connectivity index (χ1v) is 13.8. The zero-order valence-electron chi connectivity index (χ0n) is 23.3. The smallest absolute Gasteiger partial charge is 0.338 e. The maximum absolute atomic E-state index is 14.0. The number of carbonyl (C=O) groups is 2. The number of thiazole rings is 1. The van der Waals surface area contributed by atoms with E-state index in [-0.39, 0.29) is 23.3 Å². The van der Waals surface area contributed by atoms with Crippen molar-refractivity contribution >= 4 is 29.4 Å². The fourth-order valence-corrected chi connectivity index (χ4v) is 6.27. The van der Waals surface area contributed by atoms with Crippen molar-refractivity contribution in [2.75, 3.05) is 13.7 Å². The fraction of sp³-hybridized carbons (Fsp3) is 0.226. The SMILES string of the molecule is CCOC(=O)C1=C(C)N=c2s/c(=C\c3cc(C)n(-c4cccc(C(=O)O)c4)c3C)c(=O)n2[C@H]1c1ccccc1OC. The van der Waals surface area contributed by atoms with Crippen LogP contribution in [0.4, 0.5) is 0 Å². The predicted molar refractivity (Wildman–Crippen MR) is 156 cm³/mol. The number of rotatable bonds is 7. The minimum absolute atomic E-state index is 0.184. The second-order valence-corrected chi connectivity index (χ2v) is 10.6. The summed E-state index contributed by atoms with van der Waals surface area (Å²) in [5, 5.41) is 9.44. The van der Waals surface area contributed by atoms with Gasteiger partial charge in [-0.25, -0.2) is 14.6 Å². The Hall–Kier alpha value is -4.70. The summed E-state index contributed by atoms with van der Waals surface area (Å²) in [7, 11) is 1.55. The van der Waals surface area contributed by atoms with Crippen LogP contribution in [0.25, 0.3) is 11.8 Å². The Morgan fingerprint density at radius 1 is 1.10 bits per heavy atom. The van der Waals surface area contributed by atoms with Crippen LogP contribution in [0.15, 0.2) is 75.7 Å². The summed E-state index contributed by atoms with van der Waals surface area (Å²) in [4.78, 5) is 43.8. The van der Waals surface area contributed by atoms with Gasteiger partial charge in [0.15, 0.2) is 4.80 Å². The van der Waals surface area contributed by atoms with Gasteiger partial charge in [-0.05, 0) is 69.7 Å². The second-order valence-electron chi connectivity index (χ2n) is 9.56. The van der Waals surface area contributed by atoms with E-state index in [0.29, 0.717) is 32.0 Å². The number of esters is 1. The molecule has 0 saturated carbocycles. The van der Waals surface area contributed by atoms with Crippen LogP contribution in [0, 0.1) is 13.8 Å². The molecule has 1 N–H and O–H groups in total. The molecule has 0 aliphatic carbocycles. The van der Waals surface area contributed by atoms with Crippen molar-refractivity contribution in [1.82, 2.24) is 9.13 Å². The number of carboxylic acids is 1. The molecule has 9 nitrogen and oxygen atoms in total. The van der Waals surface area contributed by atoms with E-state index in [9.17, 15) is 19.5 Å². The largest absolute Gasteiger partial charge is 0.496 e. The van der Waals surface area contributed by atoms with Crippen LogP contribution in [0.1, 0.15) is 52.8 Å². The van der Waals surface area contributed by atoms with Gasteiger partial charge in [0.05, 0.1) is 35.1 Å². The molecule has 0 amide bonds. The number of methoxy groups -OCH3 is 1. The third-order valence-electron chi connectivity index (χ3n) is 7.06. The Morgan fingerprint density at radius 2 is 1.85 bits per heavy atom. The molecule has 1 aliphatic heterocycles. The van der Waals surface area contributed by atoms with E-state index in [2.05, 4.69) is 4.99 Å².